The van der Waals surface area contributed by atoms with Gasteiger partial charge in [0.2, 0.25) is 5.95 Å². The molecule has 15 heteroatoms. The molecule has 0 bridgehead atoms. The summed E-state index contributed by atoms with van der Waals surface area (Å²) in [5.74, 6) is -0.937. The summed E-state index contributed by atoms with van der Waals surface area (Å²) in [4.78, 5) is 27.2. The second-order valence-corrected chi connectivity index (χ2v) is 14.5. The summed E-state index contributed by atoms with van der Waals surface area (Å²) in [7, 11) is -1.82. The van der Waals surface area contributed by atoms with E-state index in [9.17, 15) is 26.4 Å². The number of nitrogens with zero attached hydrogens (tertiary/aromatic N) is 5. The van der Waals surface area contributed by atoms with Gasteiger partial charge in [0.25, 0.3) is 5.91 Å². The van der Waals surface area contributed by atoms with Crippen molar-refractivity contribution in [2.45, 2.75) is 43.4 Å². The van der Waals surface area contributed by atoms with Crippen LogP contribution in [-0.4, -0.2) is 98.4 Å². The Labute approximate surface area is 257 Å². The van der Waals surface area contributed by atoms with Gasteiger partial charge in [0, 0.05) is 49.8 Å². The molecule has 6 rings (SSSR count). The molecule has 3 aliphatic rings. The molecule has 44 heavy (non-hydrogen) atoms. The van der Waals surface area contributed by atoms with Gasteiger partial charge in [-0.1, -0.05) is 6.92 Å². The molecule has 1 aromatic carbocycles. The van der Waals surface area contributed by atoms with E-state index in [0.29, 0.717) is 35.7 Å². The van der Waals surface area contributed by atoms with Crippen molar-refractivity contribution in [3.8, 4) is 10.6 Å². The van der Waals surface area contributed by atoms with Crippen LogP contribution >= 0.6 is 11.3 Å². The van der Waals surface area contributed by atoms with Gasteiger partial charge in [-0.15, -0.1) is 11.3 Å². The largest absolute Gasteiger partial charge is 0.420 e. The minimum absolute atomic E-state index is 0.00626. The van der Waals surface area contributed by atoms with Crippen LogP contribution < -0.4 is 10.2 Å². The van der Waals surface area contributed by atoms with Crippen molar-refractivity contribution >= 4 is 44.4 Å². The zero-order valence-electron chi connectivity index (χ0n) is 24.5. The number of rotatable bonds is 6. The lowest BCUT2D eigenvalue weighted by molar-refractivity contribution is -0.137. The van der Waals surface area contributed by atoms with Crippen molar-refractivity contribution in [1.29, 1.82) is 0 Å². The third-order valence-corrected chi connectivity index (χ3v) is 11.5. The Morgan fingerprint density at radius 1 is 1.16 bits per heavy atom. The maximum absolute atomic E-state index is 14.2. The Kier molecular flexibility index (Phi) is 8.09. The molecule has 2 fully saturated rings. The van der Waals surface area contributed by atoms with E-state index < -0.39 is 33.2 Å². The molecular formula is C29H33F3N6O4S2. The molecule has 2 aromatic heterocycles. The Morgan fingerprint density at radius 2 is 1.93 bits per heavy atom. The fraction of sp³-hybridized carbons (Fsp3) is 0.483. The number of ether oxygens (including phenoxy) is 1. The monoisotopic (exact) mass is 650 g/mol. The molecule has 0 saturated carbocycles. The Bertz CT molecular complexity index is 1690. The molecular weight excluding hydrogens is 617 g/mol. The summed E-state index contributed by atoms with van der Waals surface area (Å²) in [5, 5.41) is 3.07. The number of benzene rings is 1. The third kappa shape index (κ3) is 5.77. The van der Waals surface area contributed by atoms with Gasteiger partial charge in [0.1, 0.15) is 10.4 Å². The highest BCUT2D eigenvalue weighted by Crippen LogP contribution is 2.42. The predicted octanol–water partition coefficient (Wildman–Crippen LogP) is 4.30. The van der Waals surface area contributed by atoms with Gasteiger partial charge in [-0.05, 0) is 50.2 Å². The number of likely N-dealkylation sites (N-methyl/N-ethyl adjacent to an activating group) is 1. The predicted molar refractivity (Wildman–Crippen MR) is 161 cm³/mol. The number of hydrogen-bond acceptors (Lipinski definition) is 10. The number of aryl methyl sites for hydroxylation is 1. The Morgan fingerprint density at radius 3 is 2.59 bits per heavy atom. The molecule has 1 amide bonds. The molecule has 0 radical (unpaired) electrons. The number of carbonyl (C=O) groups excluding carboxylic acids is 1. The van der Waals surface area contributed by atoms with Gasteiger partial charge < -0.3 is 24.8 Å². The van der Waals surface area contributed by atoms with Crippen LogP contribution in [0.15, 0.2) is 35.4 Å². The van der Waals surface area contributed by atoms with E-state index in [1.54, 1.807) is 0 Å². The van der Waals surface area contributed by atoms with Crippen LogP contribution in [0, 0.1) is 0 Å². The number of sulfone groups is 1. The second-order valence-electron chi connectivity index (χ2n) is 11.4. The number of thiophene rings is 1. The Hall–Kier alpha value is -3.27. The molecule has 5 heterocycles. The number of nitrogens with one attached hydrogen (secondary N) is 1. The van der Waals surface area contributed by atoms with E-state index in [0.717, 1.165) is 37.0 Å². The number of halogens is 3. The van der Waals surface area contributed by atoms with Gasteiger partial charge in [-0.25, -0.2) is 18.4 Å². The van der Waals surface area contributed by atoms with E-state index in [1.807, 2.05) is 19.1 Å². The minimum atomic E-state index is -4.82. The zero-order chi connectivity index (χ0) is 31.4. The molecule has 0 spiro atoms. The smallest absolute Gasteiger partial charge is 0.377 e. The molecule has 3 aromatic rings. The van der Waals surface area contributed by atoms with Crippen LogP contribution in [0.3, 0.4) is 0 Å². The molecule has 2 saturated heterocycles. The summed E-state index contributed by atoms with van der Waals surface area (Å²) in [6.07, 6.45) is -3.47. The molecule has 1 N–H and O–H groups in total. The second kappa shape index (κ2) is 11.6. The quantitative estimate of drug-likeness (QED) is 0.418. The molecule has 10 nitrogen and oxygen atoms in total. The minimum Gasteiger partial charge on any atom is -0.377 e. The first kappa shape index (κ1) is 30.7. The number of hydrogen-bond donors (Lipinski definition) is 1. The number of anilines is 3. The highest BCUT2D eigenvalue weighted by molar-refractivity contribution is 7.91. The van der Waals surface area contributed by atoms with Crippen molar-refractivity contribution in [3.63, 3.8) is 0 Å². The van der Waals surface area contributed by atoms with Crippen LogP contribution in [-0.2, 0) is 27.2 Å². The number of aromatic nitrogens is 2. The van der Waals surface area contributed by atoms with Gasteiger partial charge in [0.15, 0.2) is 9.84 Å². The van der Waals surface area contributed by atoms with Gasteiger partial charge >= 0.3 is 6.18 Å². The molecule has 0 unspecified atom stereocenters. The van der Waals surface area contributed by atoms with Crippen LogP contribution in [0.5, 0.6) is 0 Å². The summed E-state index contributed by atoms with van der Waals surface area (Å²) in [6.45, 7) is 7.44. The van der Waals surface area contributed by atoms with Crippen molar-refractivity contribution in [1.82, 2.24) is 19.8 Å². The van der Waals surface area contributed by atoms with Crippen molar-refractivity contribution in [3.05, 3.63) is 46.5 Å². The topological polar surface area (TPSA) is 108 Å². The summed E-state index contributed by atoms with van der Waals surface area (Å²) >= 11 is 0.701. The normalized spacial score (nSPS) is 21.1. The lowest BCUT2D eigenvalue weighted by Crippen LogP contribution is -2.52. The van der Waals surface area contributed by atoms with Crippen LogP contribution in [0.25, 0.3) is 10.6 Å². The number of amides is 1. The van der Waals surface area contributed by atoms with E-state index in [4.69, 9.17) is 4.74 Å². The standard InChI is InChI=1S/C29H33F3N6O4S2/c1-4-18-11-19(37-8-7-36(3)17(2)14-37)5-6-22(18)34-28-33-13-21(29(30,31)32)25(35-28)23-12-24-26(43-23)27(39)38(20-15-42-16-20)9-10-44(24,40)41/h5-6,11-13,17,20H,4,7-10,14-16H2,1-3H3,(H,33,34,35)/t17-/m0/s1. The maximum Gasteiger partial charge on any atom is 0.420 e. The van der Waals surface area contributed by atoms with E-state index >= 15 is 0 Å². The highest BCUT2D eigenvalue weighted by Gasteiger charge is 2.41. The molecule has 1 atom stereocenters. The van der Waals surface area contributed by atoms with Crippen molar-refractivity contribution < 1.29 is 31.1 Å². The van der Waals surface area contributed by atoms with Crippen LogP contribution in [0.1, 0.15) is 34.6 Å². The number of piperazine rings is 1. The third-order valence-electron chi connectivity index (χ3n) is 8.52. The number of fused-ring (bicyclic) bond motifs is 1. The number of carbonyl (C=O) groups is 1. The molecule has 3 aliphatic heterocycles. The van der Waals surface area contributed by atoms with Gasteiger partial charge in [-0.3, -0.25) is 4.79 Å². The first-order valence-corrected chi connectivity index (χ1v) is 16.9. The fourth-order valence-corrected chi connectivity index (χ4v) is 8.53. The van der Waals surface area contributed by atoms with Crippen LogP contribution in [0.2, 0.25) is 0 Å². The highest BCUT2D eigenvalue weighted by atomic mass is 32.2. The van der Waals surface area contributed by atoms with Gasteiger partial charge in [-0.2, -0.15) is 13.2 Å². The SMILES string of the molecule is CCc1cc(N2CCN(C)[C@@H](C)C2)ccc1Nc1ncc(C(F)(F)F)c(-c2cc3c(s2)C(=O)N(C2COC2)CCS3(=O)=O)n1. The lowest BCUT2D eigenvalue weighted by Gasteiger charge is -2.39. The van der Waals surface area contributed by atoms with E-state index in [2.05, 4.69) is 45.1 Å². The first-order chi connectivity index (χ1) is 20.9. The van der Waals surface area contributed by atoms with Crippen molar-refractivity contribution in [2.24, 2.45) is 0 Å². The van der Waals surface area contributed by atoms with E-state index in [1.165, 1.54) is 4.90 Å². The summed E-state index contributed by atoms with van der Waals surface area (Å²) in [5.41, 5.74) is 1.05. The van der Waals surface area contributed by atoms with Crippen LogP contribution in [0.4, 0.5) is 30.5 Å². The first-order valence-electron chi connectivity index (χ1n) is 14.4. The van der Waals surface area contributed by atoms with E-state index in [-0.39, 0.29) is 52.2 Å². The summed E-state index contributed by atoms with van der Waals surface area (Å²) < 4.78 is 73.9. The zero-order valence-corrected chi connectivity index (χ0v) is 26.2. The van der Waals surface area contributed by atoms with Crippen molar-refractivity contribution in [2.75, 3.05) is 62.4 Å². The fourth-order valence-electron chi connectivity index (χ4n) is 5.62. The van der Waals surface area contributed by atoms with Gasteiger partial charge in [0.05, 0.1) is 40.5 Å². The molecule has 236 valence electrons. The average molecular weight is 651 g/mol. The summed E-state index contributed by atoms with van der Waals surface area (Å²) in [6, 6.07) is 7.17. The lowest BCUT2D eigenvalue weighted by atomic mass is 10.1. The average Bonchev–Trinajstić information content (AvgIpc) is 3.38. The Balaban J connectivity index is 1.35. The molecule has 0 aliphatic carbocycles. The number of alkyl halides is 3. The maximum atomic E-state index is 14.2.